The Labute approximate surface area is 115 Å². The van der Waals surface area contributed by atoms with Crippen molar-refractivity contribution in [1.82, 2.24) is 4.90 Å². The molecule has 0 spiro atoms. The molecule has 3 nitrogen and oxygen atoms in total. The summed E-state index contributed by atoms with van der Waals surface area (Å²) in [5.74, 6) is -0.146. The lowest BCUT2D eigenvalue weighted by molar-refractivity contribution is -0.132. The number of hydrogen-bond donors (Lipinski definition) is 0. The van der Waals surface area contributed by atoms with Crippen molar-refractivity contribution in [3.05, 3.63) is 47.5 Å². The number of allylic oxidation sites excluding steroid dienone is 1. The number of benzene rings is 1. The molecule has 0 aromatic heterocycles. The zero-order chi connectivity index (χ0) is 14.4. The molecular weight excluding hydrogens is 236 g/mol. The second-order valence-electron chi connectivity index (χ2n) is 4.78. The molecule has 19 heavy (non-hydrogen) atoms. The van der Waals surface area contributed by atoms with E-state index in [2.05, 4.69) is 6.07 Å². The Kier molecular flexibility index (Phi) is 3.91. The van der Waals surface area contributed by atoms with Gasteiger partial charge in [0.1, 0.15) is 0 Å². The Morgan fingerprint density at radius 2 is 2.32 bits per heavy atom. The summed E-state index contributed by atoms with van der Waals surface area (Å²) >= 11 is 0. The summed E-state index contributed by atoms with van der Waals surface area (Å²) in [6, 6.07) is 12.1. The number of carbonyl (C=O) groups excluding carboxylic acids is 1. The summed E-state index contributed by atoms with van der Waals surface area (Å²) in [5.41, 5.74) is 1.88. The highest BCUT2D eigenvalue weighted by molar-refractivity contribution is 5.73. The number of nitriles is 1. The molecule has 0 bridgehead atoms. The zero-order valence-electron chi connectivity index (χ0n) is 11.9. The quantitative estimate of drug-likeness (QED) is 0.833. The largest absolute Gasteiger partial charge is 0.335 e. The van der Waals surface area contributed by atoms with Crippen molar-refractivity contribution in [1.29, 1.82) is 5.26 Å². The molecule has 1 aliphatic carbocycles. The standard InChI is InChI=1S/C16H18N2O/c1-13(19)18(12-15-5-3-2-4-6-15)16-9-7-14(11-17)8-10-16/h2-7,16H,8-10,12H2,1H3/i1D. The maximum Gasteiger partial charge on any atom is 0.220 e. The van der Waals surface area contributed by atoms with E-state index in [0.29, 0.717) is 13.0 Å². The average Bonchev–Trinajstić information content (AvgIpc) is 2.53. The summed E-state index contributed by atoms with van der Waals surface area (Å²) in [4.78, 5) is 13.8. The lowest BCUT2D eigenvalue weighted by Gasteiger charge is -2.32. The molecule has 1 unspecified atom stereocenters. The van der Waals surface area contributed by atoms with Gasteiger partial charge in [0.2, 0.25) is 5.91 Å². The topological polar surface area (TPSA) is 44.1 Å². The fraction of sp³-hybridized carbons (Fsp3) is 0.375. The molecule has 0 saturated carbocycles. The van der Waals surface area contributed by atoms with E-state index in [9.17, 15) is 4.79 Å². The van der Waals surface area contributed by atoms with Crippen LogP contribution in [0, 0.1) is 11.3 Å². The Morgan fingerprint density at radius 3 is 2.89 bits per heavy atom. The molecule has 98 valence electrons. The van der Waals surface area contributed by atoms with Gasteiger partial charge < -0.3 is 4.90 Å². The molecule has 1 aromatic carbocycles. The van der Waals surface area contributed by atoms with Crippen LogP contribution >= 0.6 is 0 Å². The van der Waals surface area contributed by atoms with Gasteiger partial charge in [-0.25, -0.2) is 0 Å². The van der Waals surface area contributed by atoms with Gasteiger partial charge in [-0.2, -0.15) is 5.26 Å². The van der Waals surface area contributed by atoms with Gasteiger partial charge in [0, 0.05) is 26.4 Å². The first-order valence-corrected chi connectivity index (χ1v) is 6.46. The van der Waals surface area contributed by atoms with E-state index >= 15 is 0 Å². The molecule has 2 rings (SSSR count). The maximum atomic E-state index is 12.0. The molecule has 0 heterocycles. The minimum Gasteiger partial charge on any atom is -0.335 e. The van der Waals surface area contributed by atoms with Crippen LogP contribution in [0.1, 0.15) is 33.1 Å². The van der Waals surface area contributed by atoms with Gasteiger partial charge in [0.25, 0.3) is 0 Å². The van der Waals surface area contributed by atoms with Crippen LogP contribution in [0.3, 0.4) is 0 Å². The molecule has 1 atom stereocenters. The Morgan fingerprint density at radius 1 is 1.53 bits per heavy atom. The van der Waals surface area contributed by atoms with E-state index in [1.807, 2.05) is 36.4 Å². The first kappa shape index (κ1) is 12.0. The van der Waals surface area contributed by atoms with Gasteiger partial charge in [-0.15, -0.1) is 0 Å². The highest BCUT2D eigenvalue weighted by Crippen LogP contribution is 2.23. The van der Waals surface area contributed by atoms with Crippen LogP contribution in [0.15, 0.2) is 42.0 Å². The van der Waals surface area contributed by atoms with Crippen LogP contribution in [-0.4, -0.2) is 16.8 Å². The van der Waals surface area contributed by atoms with Crippen LogP contribution in [0.2, 0.25) is 0 Å². The molecule has 3 heteroatoms. The highest BCUT2D eigenvalue weighted by Gasteiger charge is 2.23. The lowest BCUT2D eigenvalue weighted by atomic mass is 9.94. The van der Waals surface area contributed by atoms with Gasteiger partial charge in [0.15, 0.2) is 0 Å². The van der Waals surface area contributed by atoms with Gasteiger partial charge in [-0.05, 0) is 24.8 Å². The Hall–Kier alpha value is -2.08. The number of rotatable bonds is 3. The van der Waals surface area contributed by atoms with Crippen molar-refractivity contribution in [2.75, 3.05) is 0 Å². The van der Waals surface area contributed by atoms with Crippen LogP contribution < -0.4 is 0 Å². The van der Waals surface area contributed by atoms with Crippen molar-refractivity contribution >= 4 is 5.91 Å². The van der Waals surface area contributed by atoms with Crippen LogP contribution in [0.5, 0.6) is 0 Å². The summed E-state index contributed by atoms with van der Waals surface area (Å²) in [7, 11) is 0. The molecule has 0 radical (unpaired) electrons. The van der Waals surface area contributed by atoms with E-state index < -0.39 is 0 Å². The predicted octanol–water partition coefficient (Wildman–Crippen LogP) is 3.04. The third kappa shape index (κ3) is 3.45. The zero-order valence-corrected chi connectivity index (χ0v) is 10.9. The third-order valence-electron chi connectivity index (χ3n) is 3.48. The number of hydrogen-bond acceptors (Lipinski definition) is 2. The number of nitrogens with zero attached hydrogens (tertiary/aromatic N) is 2. The molecule has 0 aliphatic heterocycles. The lowest BCUT2D eigenvalue weighted by Crippen LogP contribution is -2.39. The van der Waals surface area contributed by atoms with Crippen molar-refractivity contribution in [2.24, 2.45) is 0 Å². The van der Waals surface area contributed by atoms with E-state index in [0.717, 1.165) is 24.0 Å². The van der Waals surface area contributed by atoms with Crippen molar-refractivity contribution in [3.8, 4) is 6.07 Å². The summed E-state index contributed by atoms with van der Waals surface area (Å²) in [5, 5.41) is 8.88. The van der Waals surface area contributed by atoms with Crippen molar-refractivity contribution in [3.63, 3.8) is 0 Å². The van der Waals surface area contributed by atoms with Crippen LogP contribution in [0.25, 0.3) is 0 Å². The molecule has 1 aliphatic rings. The Balaban J connectivity index is 2.11. The maximum absolute atomic E-state index is 12.0. The molecule has 1 amide bonds. The van der Waals surface area contributed by atoms with Gasteiger partial charge >= 0.3 is 0 Å². The molecule has 0 saturated heterocycles. The normalized spacial score (nSPS) is 19.0. The van der Waals surface area contributed by atoms with Gasteiger partial charge in [-0.1, -0.05) is 36.4 Å². The van der Waals surface area contributed by atoms with E-state index in [4.69, 9.17) is 6.63 Å². The van der Waals surface area contributed by atoms with Gasteiger partial charge in [-0.3, -0.25) is 4.79 Å². The second-order valence-corrected chi connectivity index (χ2v) is 4.78. The highest BCUT2D eigenvalue weighted by atomic mass is 16.2. The molecule has 0 N–H and O–H groups in total. The van der Waals surface area contributed by atoms with Crippen molar-refractivity contribution in [2.45, 2.75) is 38.7 Å². The summed E-state index contributed by atoms with van der Waals surface area (Å²) < 4.78 is 7.34. The first-order valence-electron chi connectivity index (χ1n) is 7.17. The smallest absolute Gasteiger partial charge is 0.220 e. The fourth-order valence-electron chi connectivity index (χ4n) is 2.41. The third-order valence-corrected chi connectivity index (χ3v) is 3.48. The van der Waals surface area contributed by atoms with E-state index in [-0.39, 0.29) is 18.8 Å². The van der Waals surface area contributed by atoms with Crippen molar-refractivity contribution < 1.29 is 6.17 Å². The summed E-state index contributed by atoms with van der Waals surface area (Å²) in [6.07, 6.45) is 4.15. The minimum atomic E-state index is -0.224. The predicted molar refractivity (Wildman–Crippen MR) is 74.0 cm³/mol. The summed E-state index contributed by atoms with van der Waals surface area (Å²) in [6.45, 7) is 0.317. The number of amides is 1. The van der Waals surface area contributed by atoms with Crippen LogP contribution in [-0.2, 0) is 11.3 Å². The van der Waals surface area contributed by atoms with E-state index in [1.54, 1.807) is 4.90 Å². The molecule has 1 aromatic rings. The fourth-order valence-corrected chi connectivity index (χ4v) is 2.41. The minimum absolute atomic E-state index is 0.102. The molecule has 0 fully saturated rings. The number of carbonyl (C=O) groups is 1. The average molecular weight is 255 g/mol. The Bertz CT molecular complexity index is 533. The van der Waals surface area contributed by atoms with E-state index in [1.165, 1.54) is 0 Å². The molecular formula is C16H18N2O. The SMILES string of the molecule is [2H]CC(=O)N(Cc1ccccc1)C1CC=C(C#N)CC1. The first-order chi connectivity index (χ1) is 9.74. The monoisotopic (exact) mass is 255 g/mol. The van der Waals surface area contributed by atoms with Gasteiger partial charge in [0.05, 0.1) is 6.07 Å². The second kappa shape index (κ2) is 6.19. The van der Waals surface area contributed by atoms with Crippen LogP contribution in [0.4, 0.5) is 0 Å².